The number of aryl methyl sites for hydroxylation is 1. The number of piperidine rings is 1. The Bertz CT molecular complexity index is 930. The van der Waals surface area contributed by atoms with Gasteiger partial charge in [0.05, 0.1) is 7.11 Å². The van der Waals surface area contributed by atoms with E-state index in [1.165, 1.54) is 5.56 Å². The van der Waals surface area contributed by atoms with Gasteiger partial charge in [0.25, 0.3) is 5.91 Å². The maximum atomic E-state index is 13.1. The SMILES string of the molecule is CCC(=O)N1CCc2cc(C(=O)N3CCC(CCc4ccc(OC)cc4)CC3)ccc21. The molecule has 2 amide bonds. The van der Waals surface area contributed by atoms with Gasteiger partial charge >= 0.3 is 0 Å². The van der Waals surface area contributed by atoms with Crippen molar-refractivity contribution in [3.05, 3.63) is 59.2 Å². The van der Waals surface area contributed by atoms with Crippen molar-refractivity contribution in [2.45, 2.75) is 45.4 Å². The zero-order chi connectivity index (χ0) is 21.8. The molecule has 0 unspecified atom stereocenters. The summed E-state index contributed by atoms with van der Waals surface area (Å²) in [5.74, 6) is 1.83. The molecule has 5 heteroatoms. The van der Waals surface area contributed by atoms with Crippen molar-refractivity contribution in [3.8, 4) is 5.75 Å². The zero-order valence-corrected chi connectivity index (χ0v) is 18.6. The van der Waals surface area contributed by atoms with Crippen LogP contribution in [0.25, 0.3) is 0 Å². The standard InChI is InChI=1S/C26H32N2O3/c1-3-25(29)28-17-14-21-18-22(8-11-24(21)28)26(30)27-15-12-20(13-16-27)5-4-19-6-9-23(31-2)10-7-19/h6-11,18,20H,3-5,12-17H2,1-2H3. The van der Waals surface area contributed by atoms with E-state index in [1.807, 2.05) is 47.1 Å². The second kappa shape index (κ2) is 9.54. The highest BCUT2D eigenvalue weighted by Crippen LogP contribution is 2.30. The van der Waals surface area contributed by atoms with Crippen LogP contribution < -0.4 is 9.64 Å². The fourth-order valence-corrected chi connectivity index (χ4v) is 4.76. The Hall–Kier alpha value is -2.82. The lowest BCUT2D eigenvalue weighted by Crippen LogP contribution is -2.38. The number of benzene rings is 2. The number of carbonyl (C=O) groups excluding carboxylic acids is 2. The summed E-state index contributed by atoms with van der Waals surface area (Å²) in [5.41, 5.74) is 4.18. The normalized spacial score (nSPS) is 16.3. The van der Waals surface area contributed by atoms with Crippen LogP contribution in [0, 0.1) is 5.92 Å². The predicted molar refractivity (Wildman–Crippen MR) is 123 cm³/mol. The highest BCUT2D eigenvalue weighted by molar-refractivity contribution is 5.98. The van der Waals surface area contributed by atoms with Crippen LogP contribution in [-0.4, -0.2) is 43.5 Å². The molecule has 31 heavy (non-hydrogen) atoms. The number of hydrogen-bond donors (Lipinski definition) is 0. The van der Waals surface area contributed by atoms with Crippen LogP contribution in [0.2, 0.25) is 0 Å². The van der Waals surface area contributed by atoms with Gasteiger partial charge in [0.2, 0.25) is 5.91 Å². The monoisotopic (exact) mass is 420 g/mol. The van der Waals surface area contributed by atoms with E-state index in [2.05, 4.69) is 12.1 Å². The highest BCUT2D eigenvalue weighted by atomic mass is 16.5. The summed E-state index contributed by atoms with van der Waals surface area (Å²) in [6.45, 7) is 4.26. The van der Waals surface area contributed by atoms with E-state index in [9.17, 15) is 9.59 Å². The number of likely N-dealkylation sites (tertiary alicyclic amines) is 1. The van der Waals surface area contributed by atoms with Crippen LogP contribution in [0.15, 0.2) is 42.5 Å². The summed E-state index contributed by atoms with van der Waals surface area (Å²) >= 11 is 0. The van der Waals surface area contributed by atoms with Gasteiger partial charge < -0.3 is 14.5 Å². The first-order valence-corrected chi connectivity index (χ1v) is 11.4. The molecular weight excluding hydrogens is 388 g/mol. The maximum Gasteiger partial charge on any atom is 0.253 e. The van der Waals surface area contributed by atoms with E-state index in [0.29, 0.717) is 12.3 Å². The van der Waals surface area contributed by atoms with Gasteiger partial charge in [0.15, 0.2) is 0 Å². The molecule has 2 aromatic rings. The Morgan fingerprint density at radius 2 is 1.77 bits per heavy atom. The molecule has 0 N–H and O–H groups in total. The number of rotatable bonds is 6. The molecule has 0 aliphatic carbocycles. The van der Waals surface area contributed by atoms with E-state index in [-0.39, 0.29) is 11.8 Å². The van der Waals surface area contributed by atoms with E-state index in [1.54, 1.807) is 7.11 Å². The van der Waals surface area contributed by atoms with Gasteiger partial charge in [-0.3, -0.25) is 9.59 Å². The summed E-state index contributed by atoms with van der Waals surface area (Å²) in [6.07, 6.45) is 5.69. The quantitative estimate of drug-likeness (QED) is 0.692. The second-order valence-corrected chi connectivity index (χ2v) is 8.61. The average Bonchev–Trinajstić information content (AvgIpc) is 3.25. The smallest absolute Gasteiger partial charge is 0.253 e. The molecule has 2 aromatic carbocycles. The summed E-state index contributed by atoms with van der Waals surface area (Å²) in [7, 11) is 1.69. The number of ether oxygens (including phenoxy) is 1. The van der Waals surface area contributed by atoms with Crippen molar-refractivity contribution in [2.24, 2.45) is 5.92 Å². The van der Waals surface area contributed by atoms with E-state index in [4.69, 9.17) is 4.74 Å². The molecule has 0 atom stereocenters. The van der Waals surface area contributed by atoms with Gasteiger partial charge in [0.1, 0.15) is 5.75 Å². The largest absolute Gasteiger partial charge is 0.497 e. The van der Waals surface area contributed by atoms with Crippen molar-refractivity contribution in [1.82, 2.24) is 4.90 Å². The molecule has 0 bridgehead atoms. The molecule has 0 aromatic heterocycles. The fourth-order valence-electron chi connectivity index (χ4n) is 4.76. The number of carbonyl (C=O) groups is 2. The summed E-state index contributed by atoms with van der Waals surface area (Å²) < 4.78 is 5.22. The Labute approximate surface area is 185 Å². The first-order valence-electron chi connectivity index (χ1n) is 11.4. The lowest BCUT2D eigenvalue weighted by molar-refractivity contribution is -0.118. The van der Waals surface area contributed by atoms with Gasteiger partial charge in [-0.2, -0.15) is 0 Å². The molecule has 5 nitrogen and oxygen atoms in total. The molecule has 4 rings (SSSR count). The lowest BCUT2D eigenvalue weighted by atomic mass is 9.90. The van der Waals surface area contributed by atoms with Crippen molar-refractivity contribution < 1.29 is 14.3 Å². The minimum atomic E-state index is 0.122. The van der Waals surface area contributed by atoms with Crippen LogP contribution in [0.5, 0.6) is 5.75 Å². The van der Waals surface area contributed by atoms with Crippen LogP contribution >= 0.6 is 0 Å². The molecule has 2 aliphatic heterocycles. The molecule has 1 saturated heterocycles. The number of fused-ring (bicyclic) bond motifs is 1. The second-order valence-electron chi connectivity index (χ2n) is 8.61. The minimum Gasteiger partial charge on any atom is -0.497 e. The number of nitrogens with zero attached hydrogens (tertiary/aromatic N) is 2. The molecule has 0 radical (unpaired) electrons. The maximum absolute atomic E-state index is 13.1. The fraction of sp³-hybridized carbons (Fsp3) is 0.462. The topological polar surface area (TPSA) is 49.9 Å². The number of anilines is 1. The Balaban J connectivity index is 1.30. The summed E-state index contributed by atoms with van der Waals surface area (Å²) in [6, 6.07) is 14.1. The Morgan fingerprint density at radius 1 is 1.03 bits per heavy atom. The van der Waals surface area contributed by atoms with Crippen LogP contribution in [0.1, 0.15) is 54.1 Å². The van der Waals surface area contributed by atoms with Crippen LogP contribution in [0.3, 0.4) is 0 Å². The molecule has 0 saturated carbocycles. The van der Waals surface area contributed by atoms with Crippen molar-refractivity contribution in [2.75, 3.05) is 31.6 Å². The van der Waals surface area contributed by atoms with Crippen LogP contribution in [-0.2, 0) is 17.6 Å². The highest BCUT2D eigenvalue weighted by Gasteiger charge is 2.27. The van der Waals surface area contributed by atoms with E-state index >= 15 is 0 Å². The predicted octanol–water partition coefficient (Wildman–Crippen LogP) is 4.48. The lowest BCUT2D eigenvalue weighted by Gasteiger charge is -2.32. The van der Waals surface area contributed by atoms with Gasteiger partial charge in [-0.05, 0) is 79.5 Å². The third-order valence-corrected chi connectivity index (χ3v) is 6.73. The van der Waals surface area contributed by atoms with Gasteiger partial charge in [-0.1, -0.05) is 19.1 Å². The molecule has 1 fully saturated rings. The van der Waals surface area contributed by atoms with Gasteiger partial charge in [0, 0.05) is 37.3 Å². The third-order valence-electron chi connectivity index (χ3n) is 6.73. The number of methoxy groups -OCH3 is 1. The van der Waals surface area contributed by atoms with Crippen molar-refractivity contribution in [1.29, 1.82) is 0 Å². The number of hydrogen-bond acceptors (Lipinski definition) is 3. The first-order chi connectivity index (χ1) is 15.1. The Kier molecular flexibility index (Phi) is 6.59. The van der Waals surface area contributed by atoms with Gasteiger partial charge in [-0.15, -0.1) is 0 Å². The van der Waals surface area contributed by atoms with Crippen molar-refractivity contribution in [3.63, 3.8) is 0 Å². The van der Waals surface area contributed by atoms with Gasteiger partial charge in [-0.25, -0.2) is 0 Å². The van der Waals surface area contributed by atoms with E-state index < -0.39 is 0 Å². The average molecular weight is 421 g/mol. The summed E-state index contributed by atoms with van der Waals surface area (Å²) in [4.78, 5) is 29.0. The Morgan fingerprint density at radius 3 is 2.45 bits per heavy atom. The van der Waals surface area contributed by atoms with E-state index in [0.717, 1.165) is 74.3 Å². The van der Waals surface area contributed by atoms with Crippen molar-refractivity contribution >= 4 is 17.5 Å². The minimum absolute atomic E-state index is 0.122. The molecule has 164 valence electrons. The molecule has 2 aliphatic rings. The van der Waals surface area contributed by atoms with Crippen LogP contribution in [0.4, 0.5) is 5.69 Å². The summed E-state index contributed by atoms with van der Waals surface area (Å²) in [5, 5.41) is 0. The zero-order valence-electron chi connectivity index (χ0n) is 18.6. The first kappa shape index (κ1) is 21.4. The number of amides is 2. The molecule has 2 heterocycles. The molecule has 0 spiro atoms. The third kappa shape index (κ3) is 4.76. The molecular formula is C26H32N2O3.